The first-order valence-corrected chi connectivity index (χ1v) is 5.95. The molecule has 0 radical (unpaired) electrons. The normalized spacial score (nSPS) is 11.7. The van der Waals surface area contributed by atoms with Gasteiger partial charge in [-0.25, -0.2) is 13.2 Å². The van der Waals surface area contributed by atoms with Crippen molar-refractivity contribution in [3.05, 3.63) is 65.5 Å². The summed E-state index contributed by atoms with van der Waals surface area (Å²) in [7, 11) is 0. The number of hydrogen-bond donors (Lipinski definition) is 1. The van der Waals surface area contributed by atoms with E-state index in [0.29, 0.717) is 0 Å². The summed E-state index contributed by atoms with van der Waals surface area (Å²) < 4.78 is 39.3. The number of nitrogens with one attached hydrogen (secondary N) is 1. The summed E-state index contributed by atoms with van der Waals surface area (Å²) in [5.41, 5.74) is 0.602. The van der Waals surface area contributed by atoms with Crippen LogP contribution in [0.3, 0.4) is 0 Å². The lowest BCUT2D eigenvalue weighted by atomic mass is 10.0. The van der Waals surface area contributed by atoms with Gasteiger partial charge in [-0.2, -0.15) is 5.26 Å². The molecule has 0 aliphatic rings. The quantitative estimate of drug-likeness (QED) is 0.862. The second-order valence-corrected chi connectivity index (χ2v) is 4.20. The molecule has 1 atom stereocenters. The number of nitrogens with zero attached hydrogens (tertiary/aromatic N) is 1. The molecule has 0 fully saturated rings. The molecule has 2 aromatic carbocycles. The molecule has 0 spiro atoms. The first-order chi connectivity index (χ1) is 9.63. The van der Waals surface area contributed by atoms with Gasteiger partial charge in [-0.15, -0.1) is 0 Å². The molecule has 20 heavy (non-hydrogen) atoms. The topological polar surface area (TPSA) is 35.8 Å². The second-order valence-electron chi connectivity index (χ2n) is 4.20. The van der Waals surface area contributed by atoms with Gasteiger partial charge < -0.3 is 5.32 Å². The van der Waals surface area contributed by atoms with E-state index >= 15 is 0 Å². The van der Waals surface area contributed by atoms with Crippen molar-refractivity contribution in [1.82, 2.24) is 0 Å². The molecule has 0 aliphatic carbocycles. The van der Waals surface area contributed by atoms with Crippen molar-refractivity contribution in [3.63, 3.8) is 0 Å². The highest BCUT2D eigenvalue weighted by molar-refractivity contribution is 5.46. The highest BCUT2D eigenvalue weighted by atomic mass is 19.2. The van der Waals surface area contributed by atoms with Crippen molar-refractivity contribution in [1.29, 1.82) is 5.26 Å². The molecule has 0 saturated carbocycles. The van der Waals surface area contributed by atoms with Gasteiger partial charge in [-0.05, 0) is 17.7 Å². The maximum absolute atomic E-state index is 13.5. The van der Waals surface area contributed by atoms with Crippen molar-refractivity contribution in [2.24, 2.45) is 0 Å². The Balaban J connectivity index is 2.12. The Kier molecular flexibility index (Phi) is 4.26. The zero-order valence-corrected chi connectivity index (χ0v) is 10.4. The number of halogens is 3. The molecule has 0 aromatic heterocycles. The Morgan fingerprint density at radius 2 is 1.70 bits per heavy atom. The van der Waals surface area contributed by atoms with E-state index in [2.05, 4.69) is 11.4 Å². The summed E-state index contributed by atoms with van der Waals surface area (Å²) in [4.78, 5) is 0. The molecule has 2 nitrogen and oxygen atoms in total. The molecule has 1 N–H and O–H groups in total. The Labute approximate surface area is 114 Å². The van der Waals surface area contributed by atoms with E-state index in [0.717, 1.165) is 17.7 Å². The Hall–Kier alpha value is -2.48. The SMILES string of the molecule is N#CC(CNc1ccc(F)c(F)c1F)c1ccccc1. The highest BCUT2D eigenvalue weighted by Gasteiger charge is 2.15. The summed E-state index contributed by atoms with van der Waals surface area (Å²) in [6.07, 6.45) is 0. The number of hydrogen-bond acceptors (Lipinski definition) is 2. The third-order valence-electron chi connectivity index (χ3n) is 2.89. The van der Waals surface area contributed by atoms with Crippen LogP contribution in [-0.4, -0.2) is 6.54 Å². The van der Waals surface area contributed by atoms with E-state index in [-0.39, 0.29) is 12.2 Å². The number of nitriles is 1. The minimum Gasteiger partial charge on any atom is -0.381 e. The summed E-state index contributed by atoms with van der Waals surface area (Å²) in [6, 6.07) is 13.0. The van der Waals surface area contributed by atoms with Crippen LogP contribution < -0.4 is 5.32 Å². The molecular weight excluding hydrogens is 265 g/mol. The van der Waals surface area contributed by atoms with Crippen LogP contribution in [0.4, 0.5) is 18.9 Å². The van der Waals surface area contributed by atoms with E-state index in [4.69, 9.17) is 5.26 Å². The van der Waals surface area contributed by atoms with Gasteiger partial charge in [0.1, 0.15) is 0 Å². The zero-order chi connectivity index (χ0) is 14.5. The number of anilines is 1. The van der Waals surface area contributed by atoms with E-state index < -0.39 is 23.4 Å². The summed E-state index contributed by atoms with van der Waals surface area (Å²) in [6.45, 7) is 0.0997. The van der Waals surface area contributed by atoms with Crippen molar-refractivity contribution >= 4 is 5.69 Å². The molecule has 102 valence electrons. The molecule has 0 aliphatic heterocycles. The first kappa shape index (κ1) is 13.9. The van der Waals surface area contributed by atoms with Crippen LogP contribution in [0.1, 0.15) is 11.5 Å². The minimum atomic E-state index is -1.52. The second kappa shape index (κ2) is 6.11. The van der Waals surface area contributed by atoms with Crippen LogP contribution in [0, 0.1) is 28.8 Å². The van der Waals surface area contributed by atoms with Gasteiger partial charge >= 0.3 is 0 Å². The maximum Gasteiger partial charge on any atom is 0.196 e. The molecule has 1 unspecified atom stereocenters. The predicted octanol–water partition coefficient (Wildman–Crippen LogP) is 3.82. The monoisotopic (exact) mass is 276 g/mol. The largest absolute Gasteiger partial charge is 0.381 e. The standard InChI is InChI=1S/C15H11F3N2/c16-12-6-7-13(15(18)14(12)17)20-9-11(8-19)10-4-2-1-3-5-10/h1-7,11,20H,9H2. The maximum atomic E-state index is 13.5. The van der Waals surface area contributed by atoms with Gasteiger partial charge in [0, 0.05) is 6.54 Å². The Bertz CT molecular complexity index is 636. The van der Waals surface area contributed by atoms with Crippen LogP contribution >= 0.6 is 0 Å². The smallest absolute Gasteiger partial charge is 0.196 e. The molecule has 0 bridgehead atoms. The average molecular weight is 276 g/mol. The predicted molar refractivity (Wildman–Crippen MR) is 69.6 cm³/mol. The lowest BCUT2D eigenvalue weighted by molar-refractivity contribution is 0.449. The molecule has 5 heteroatoms. The third kappa shape index (κ3) is 2.91. The molecule has 0 saturated heterocycles. The van der Waals surface area contributed by atoms with Crippen LogP contribution in [0.2, 0.25) is 0 Å². The Morgan fingerprint density at radius 3 is 2.35 bits per heavy atom. The van der Waals surface area contributed by atoms with Gasteiger partial charge in [0.2, 0.25) is 0 Å². The van der Waals surface area contributed by atoms with Crippen molar-refractivity contribution in [3.8, 4) is 6.07 Å². The van der Waals surface area contributed by atoms with Crippen molar-refractivity contribution < 1.29 is 13.2 Å². The number of rotatable bonds is 4. The van der Waals surface area contributed by atoms with Gasteiger partial charge in [-0.1, -0.05) is 30.3 Å². The summed E-state index contributed by atoms with van der Waals surface area (Å²) in [5.74, 6) is -4.56. The minimum absolute atomic E-state index is 0.0997. The van der Waals surface area contributed by atoms with Crippen molar-refractivity contribution in [2.45, 2.75) is 5.92 Å². The van der Waals surface area contributed by atoms with Gasteiger partial charge in [0.15, 0.2) is 17.5 Å². The highest BCUT2D eigenvalue weighted by Crippen LogP contribution is 2.21. The summed E-state index contributed by atoms with van der Waals surface area (Å²) >= 11 is 0. The molecule has 2 rings (SSSR count). The van der Waals surface area contributed by atoms with Crippen molar-refractivity contribution in [2.75, 3.05) is 11.9 Å². The van der Waals surface area contributed by atoms with Crippen LogP contribution in [0.25, 0.3) is 0 Å². The van der Waals surface area contributed by atoms with Crippen LogP contribution in [-0.2, 0) is 0 Å². The van der Waals surface area contributed by atoms with Gasteiger partial charge in [-0.3, -0.25) is 0 Å². The van der Waals surface area contributed by atoms with E-state index in [9.17, 15) is 13.2 Å². The fourth-order valence-corrected chi connectivity index (χ4v) is 1.80. The van der Waals surface area contributed by atoms with E-state index in [1.807, 2.05) is 6.07 Å². The van der Waals surface area contributed by atoms with Gasteiger partial charge in [0.05, 0.1) is 17.7 Å². The fourth-order valence-electron chi connectivity index (χ4n) is 1.80. The lowest BCUT2D eigenvalue weighted by Gasteiger charge is -2.12. The zero-order valence-electron chi connectivity index (χ0n) is 10.4. The number of benzene rings is 2. The third-order valence-corrected chi connectivity index (χ3v) is 2.89. The summed E-state index contributed by atoms with van der Waals surface area (Å²) in [5, 5.41) is 11.7. The van der Waals surface area contributed by atoms with Crippen LogP contribution in [0.5, 0.6) is 0 Å². The van der Waals surface area contributed by atoms with E-state index in [1.54, 1.807) is 24.3 Å². The molecular formula is C15H11F3N2. The first-order valence-electron chi connectivity index (χ1n) is 5.95. The lowest BCUT2D eigenvalue weighted by Crippen LogP contribution is -2.12. The van der Waals surface area contributed by atoms with Crippen LogP contribution in [0.15, 0.2) is 42.5 Å². The fraction of sp³-hybridized carbons (Fsp3) is 0.133. The Morgan fingerprint density at radius 1 is 1.00 bits per heavy atom. The average Bonchev–Trinajstić information content (AvgIpc) is 2.48. The van der Waals surface area contributed by atoms with E-state index in [1.165, 1.54) is 0 Å². The molecule has 2 aromatic rings. The van der Waals surface area contributed by atoms with Gasteiger partial charge in [0.25, 0.3) is 0 Å². The molecule has 0 heterocycles. The molecule has 0 amide bonds.